The highest BCUT2D eigenvalue weighted by molar-refractivity contribution is 5.78. The van der Waals surface area contributed by atoms with Crippen molar-refractivity contribution in [2.24, 2.45) is 0 Å². The second-order valence-corrected chi connectivity index (χ2v) is 12.0. The van der Waals surface area contributed by atoms with Gasteiger partial charge in [-0.15, -0.1) is 0 Å². The number of ketones is 1. The third-order valence-corrected chi connectivity index (χ3v) is 8.09. The van der Waals surface area contributed by atoms with Gasteiger partial charge in [-0.05, 0) is 19.8 Å². The lowest BCUT2D eigenvalue weighted by Crippen LogP contribution is -2.59. The summed E-state index contributed by atoms with van der Waals surface area (Å²) in [6.07, 6.45) is 19.4. The highest BCUT2D eigenvalue weighted by Crippen LogP contribution is 2.22. The van der Waals surface area contributed by atoms with Crippen LogP contribution in [0.3, 0.4) is 0 Å². The molecule has 1 aliphatic heterocycles. The lowest BCUT2D eigenvalue weighted by molar-refractivity contribution is -0.300. The van der Waals surface area contributed by atoms with Crippen LogP contribution in [-0.4, -0.2) is 81.3 Å². The Bertz CT molecular complexity index is 585. The number of unbranched alkanes of at least 4 members (excludes halogenated alkanes) is 18. The number of aliphatic hydroxyl groups is 5. The van der Waals surface area contributed by atoms with Gasteiger partial charge in [-0.1, -0.05) is 116 Å². The molecule has 0 aliphatic carbocycles. The van der Waals surface area contributed by atoms with Gasteiger partial charge in [0.2, 0.25) is 0 Å². The van der Waals surface area contributed by atoms with Crippen LogP contribution in [0.5, 0.6) is 0 Å². The molecule has 1 heterocycles. The molecular weight excluding hydrogens is 512 g/mol. The minimum Gasteiger partial charge on any atom is -0.394 e. The van der Waals surface area contributed by atoms with Gasteiger partial charge < -0.3 is 35.0 Å². The van der Waals surface area contributed by atoms with Crippen LogP contribution in [0.2, 0.25) is 0 Å². The SMILES string of the molecule is C[C@@H](O)CCCCCCCCCCCCCCCCCCCCCC(=O)CCOC1OC(CO)C(O)C(O)C1O. The number of aliphatic hydroxyl groups excluding tert-OH is 5. The highest BCUT2D eigenvalue weighted by atomic mass is 16.7. The van der Waals surface area contributed by atoms with Crippen molar-refractivity contribution < 1.29 is 39.8 Å². The number of Topliss-reactive ketones (excluding diaryl/α,β-unsaturated/α-hetero) is 1. The van der Waals surface area contributed by atoms with E-state index in [1.807, 2.05) is 6.92 Å². The van der Waals surface area contributed by atoms with E-state index < -0.39 is 37.3 Å². The summed E-state index contributed by atoms with van der Waals surface area (Å²) in [7, 11) is 0. The van der Waals surface area contributed by atoms with Crippen LogP contribution in [-0.2, 0) is 14.3 Å². The van der Waals surface area contributed by atoms with Crippen molar-refractivity contribution in [3.8, 4) is 0 Å². The van der Waals surface area contributed by atoms with Gasteiger partial charge in [0.1, 0.15) is 30.2 Å². The monoisotopic (exact) mass is 574 g/mol. The van der Waals surface area contributed by atoms with E-state index in [2.05, 4.69) is 0 Å². The van der Waals surface area contributed by atoms with Crippen LogP contribution in [0.15, 0.2) is 0 Å². The summed E-state index contributed by atoms with van der Waals surface area (Å²) in [6.45, 7) is 1.44. The van der Waals surface area contributed by atoms with E-state index in [0.717, 1.165) is 25.7 Å². The summed E-state index contributed by atoms with van der Waals surface area (Å²) in [4.78, 5) is 12.1. The van der Waals surface area contributed by atoms with Gasteiger partial charge >= 0.3 is 0 Å². The first-order valence-corrected chi connectivity index (χ1v) is 16.5. The van der Waals surface area contributed by atoms with Crippen LogP contribution in [0.4, 0.5) is 0 Å². The smallest absolute Gasteiger partial charge is 0.186 e. The fourth-order valence-corrected chi connectivity index (χ4v) is 5.39. The highest BCUT2D eigenvalue weighted by Gasteiger charge is 2.43. The van der Waals surface area contributed by atoms with Gasteiger partial charge in [0.15, 0.2) is 6.29 Å². The molecule has 1 aliphatic rings. The van der Waals surface area contributed by atoms with Crippen LogP contribution >= 0.6 is 0 Å². The van der Waals surface area contributed by atoms with Gasteiger partial charge in [-0.3, -0.25) is 4.79 Å². The van der Waals surface area contributed by atoms with Crippen LogP contribution in [0, 0.1) is 0 Å². The largest absolute Gasteiger partial charge is 0.394 e. The van der Waals surface area contributed by atoms with E-state index in [-0.39, 0.29) is 24.9 Å². The van der Waals surface area contributed by atoms with E-state index >= 15 is 0 Å². The molecule has 0 aromatic carbocycles. The molecular formula is C32H62O8. The van der Waals surface area contributed by atoms with Gasteiger partial charge in [-0.2, -0.15) is 0 Å². The third-order valence-electron chi connectivity index (χ3n) is 8.09. The van der Waals surface area contributed by atoms with E-state index in [1.165, 1.54) is 103 Å². The molecule has 0 radical (unpaired) electrons. The fourth-order valence-electron chi connectivity index (χ4n) is 5.39. The summed E-state index contributed by atoms with van der Waals surface area (Å²) in [6, 6.07) is 0. The van der Waals surface area contributed by atoms with Gasteiger partial charge in [0, 0.05) is 12.8 Å². The Labute approximate surface area is 243 Å². The van der Waals surface area contributed by atoms with Crippen molar-refractivity contribution in [2.75, 3.05) is 13.2 Å². The average Bonchev–Trinajstić information content (AvgIpc) is 2.93. The Morgan fingerprint density at radius 3 is 1.50 bits per heavy atom. The van der Waals surface area contributed by atoms with Crippen molar-refractivity contribution in [3.63, 3.8) is 0 Å². The minimum absolute atomic E-state index is 0.0638. The molecule has 5 unspecified atom stereocenters. The molecule has 40 heavy (non-hydrogen) atoms. The van der Waals surface area contributed by atoms with Gasteiger partial charge in [-0.25, -0.2) is 0 Å². The van der Waals surface area contributed by atoms with E-state index in [0.29, 0.717) is 6.42 Å². The molecule has 0 aromatic rings. The lowest BCUT2D eigenvalue weighted by Gasteiger charge is -2.39. The Morgan fingerprint density at radius 2 is 1.07 bits per heavy atom. The molecule has 1 saturated heterocycles. The lowest BCUT2D eigenvalue weighted by atomic mass is 9.99. The fraction of sp³-hybridized carbons (Fsp3) is 0.969. The van der Waals surface area contributed by atoms with E-state index in [9.17, 15) is 30.3 Å². The molecule has 0 saturated carbocycles. The molecule has 1 fully saturated rings. The van der Waals surface area contributed by atoms with Crippen LogP contribution in [0.1, 0.15) is 148 Å². The van der Waals surface area contributed by atoms with Crippen molar-refractivity contribution in [3.05, 3.63) is 0 Å². The molecule has 5 N–H and O–H groups in total. The number of carbonyl (C=O) groups is 1. The van der Waals surface area contributed by atoms with Gasteiger partial charge in [0.25, 0.3) is 0 Å². The average molecular weight is 575 g/mol. The molecule has 1 rings (SSSR count). The number of carbonyl (C=O) groups excluding carboxylic acids is 1. The molecule has 6 atom stereocenters. The molecule has 0 amide bonds. The first kappa shape index (κ1) is 37.4. The zero-order chi connectivity index (χ0) is 29.4. The zero-order valence-electron chi connectivity index (χ0n) is 25.4. The summed E-state index contributed by atoms with van der Waals surface area (Å²) in [5.41, 5.74) is 0. The normalized spacial score (nSPS) is 23.9. The third kappa shape index (κ3) is 18.7. The standard InChI is InChI=1S/C32H62O8/c1-26(34)21-19-17-15-13-11-9-7-5-3-2-4-6-8-10-12-14-16-18-20-22-27(35)23-24-39-32-31(38)30(37)29(36)28(25-33)40-32/h26,28-34,36-38H,2-25H2,1H3/t26-,28?,29?,30?,31?,32?/m1/s1. The second-order valence-electron chi connectivity index (χ2n) is 12.0. The summed E-state index contributed by atoms with van der Waals surface area (Å²) in [5.74, 6) is 0.101. The molecule has 0 spiro atoms. The topological polar surface area (TPSA) is 137 Å². The maximum Gasteiger partial charge on any atom is 0.186 e. The summed E-state index contributed by atoms with van der Waals surface area (Å²) in [5, 5.41) is 48.0. The Balaban J connectivity index is 1.80. The molecule has 8 heteroatoms. The van der Waals surface area contributed by atoms with E-state index in [1.54, 1.807) is 0 Å². The maximum absolute atomic E-state index is 12.1. The van der Waals surface area contributed by atoms with Gasteiger partial charge in [0.05, 0.1) is 19.3 Å². The number of rotatable bonds is 27. The molecule has 8 nitrogen and oxygen atoms in total. The maximum atomic E-state index is 12.1. The first-order valence-electron chi connectivity index (χ1n) is 16.5. The predicted molar refractivity (Wildman–Crippen MR) is 158 cm³/mol. The Morgan fingerprint density at radius 1 is 0.650 bits per heavy atom. The number of hydrogen-bond acceptors (Lipinski definition) is 8. The minimum atomic E-state index is -1.47. The summed E-state index contributed by atoms with van der Waals surface area (Å²) >= 11 is 0. The first-order chi connectivity index (χ1) is 19.4. The van der Waals surface area contributed by atoms with Crippen LogP contribution < -0.4 is 0 Å². The van der Waals surface area contributed by atoms with Crippen LogP contribution in [0.25, 0.3) is 0 Å². The van der Waals surface area contributed by atoms with Crippen molar-refractivity contribution in [2.45, 2.75) is 185 Å². The second kappa shape index (κ2) is 24.9. The predicted octanol–water partition coefficient (Wildman–Crippen LogP) is 5.34. The number of ether oxygens (including phenoxy) is 2. The molecule has 0 bridgehead atoms. The molecule has 0 aromatic heterocycles. The van der Waals surface area contributed by atoms with Crippen molar-refractivity contribution in [1.29, 1.82) is 0 Å². The van der Waals surface area contributed by atoms with Crippen molar-refractivity contribution >= 4 is 5.78 Å². The zero-order valence-corrected chi connectivity index (χ0v) is 25.4. The van der Waals surface area contributed by atoms with E-state index in [4.69, 9.17) is 9.47 Å². The number of hydrogen-bond donors (Lipinski definition) is 5. The Hall–Kier alpha value is -0.610. The Kier molecular flexibility index (Phi) is 23.3. The molecule has 238 valence electrons. The summed E-state index contributed by atoms with van der Waals surface area (Å²) < 4.78 is 10.7. The van der Waals surface area contributed by atoms with Crippen molar-refractivity contribution in [1.82, 2.24) is 0 Å². The quantitative estimate of drug-likeness (QED) is 0.0830.